The predicted octanol–water partition coefficient (Wildman–Crippen LogP) is 3.60. The molecule has 0 amide bonds. The first-order valence-electron chi connectivity index (χ1n) is 6.02. The lowest BCUT2D eigenvalue weighted by molar-refractivity contribution is 0.290. The first-order chi connectivity index (χ1) is 9.03. The molecule has 1 aromatic carbocycles. The SMILES string of the molecule is CCC(C)(N)c1nc(CSc2ccccc2Cl)no1. The minimum atomic E-state index is -0.569. The van der Waals surface area contributed by atoms with Gasteiger partial charge in [-0.3, -0.25) is 0 Å². The van der Waals surface area contributed by atoms with Crippen molar-refractivity contribution in [2.45, 2.75) is 36.5 Å². The van der Waals surface area contributed by atoms with Crippen LogP contribution in [0.3, 0.4) is 0 Å². The van der Waals surface area contributed by atoms with Crippen molar-refractivity contribution in [3.63, 3.8) is 0 Å². The standard InChI is InChI=1S/C13H16ClN3OS/c1-3-13(2,15)12-16-11(17-18-12)8-19-10-7-5-4-6-9(10)14/h4-7H,3,8,15H2,1-2H3. The van der Waals surface area contributed by atoms with Crippen molar-refractivity contribution in [2.75, 3.05) is 0 Å². The highest BCUT2D eigenvalue weighted by Gasteiger charge is 2.26. The molecule has 2 rings (SSSR count). The Bertz CT molecular complexity index is 556. The molecule has 0 fully saturated rings. The molecule has 1 atom stereocenters. The zero-order valence-corrected chi connectivity index (χ0v) is 12.5. The van der Waals surface area contributed by atoms with Crippen LogP contribution in [0.1, 0.15) is 32.0 Å². The molecule has 0 bridgehead atoms. The van der Waals surface area contributed by atoms with E-state index < -0.39 is 5.54 Å². The third kappa shape index (κ3) is 3.49. The van der Waals surface area contributed by atoms with E-state index in [2.05, 4.69) is 10.1 Å². The van der Waals surface area contributed by atoms with Gasteiger partial charge in [-0.25, -0.2) is 0 Å². The summed E-state index contributed by atoms with van der Waals surface area (Å²) >= 11 is 7.66. The molecule has 4 nitrogen and oxygen atoms in total. The summed E-state index contributed by atoms with van der Waals surface area (Å²) < 4.78 is 5.21. The monoisotopic (exact) mass is 297 g/mol. The third-order valence-electron chi connectivity index (χ3n) is 2.88. The van der Waals surface area contributed by atoms with Crippen molar-refractivity contribution in [1.82, 2.24) is 10.1 Å². The Hall–Kier alpha value is -1.04. The van der Waals surface area contributed by atoms with Crippen LogP contribution in [0.4, 0.5) is 0 Å². The summed E-state index contributed by atoms with van der Waals surface area (Å²) in [5.41, 5.74) is 5.49. The molecule has 1 aromatic heterocycles. The summed E-state index contributed by atoms with van der Waals surface area (Å²) in [4.78, 5) is 5.33. The first kappa shape index (κ1) is 14.4. The van der Waals surface area contributed by atoms with Gasteiger partial charge >= 0.3 is 0 Å². The molecular weight excluding hydrogens is 282 g/mol. The first-order valence-corrected chi connectivity index (χ1v) is 7.38. The van der Waals surface area contributed by atoms with Crippen LogP contribution in [0.15, 0.2) is 33.7 Å². The fraction of sp³-hybridized carbons (Fsp3) is 0.385. The average Bonchev–Trinajstić information content (AvgIpc) is 2.87. The molecule has 0 spiro atoms. The van der Waals surface area contributed by atoms with Crippen LogP contribution >= 0.6 is 23.4 Å². The Labute approximate surface area is 121 Å². The molecule has 2 N–H and O–H groups in total. The molecule has 0 saturated heterocycles. The number of hydrogen-bond acceptors (Lipinski definition) is 5. The molecule has 0 radical (unpaired) electrons. The largest absolute Gasteiger partial charge is 0.337 e. The third-order valence-corrected chi connectivity index (χ3v) is 4.40. The Kier molecular flexibility index (Phi) is 4.50. The summed E-state index contributed by atoms with van der Waals surface area (Å²) in [6.45, 7) is 3.87. The Balaban J connectivity index is 2.03. The van der Waals surface area contributed by atoms with Crippen LogP contribution in [0.25, 0.3) is 0 Å². The van der Waals surface area contributed by atoms with Crippen LogP contribution in [0.5, 0.6) is 0 Å². The smallest absolute Gasteiger partial charge is 0.246 e. The quantitative estimate of drug-likeness (QED) is 0.854. The highest BCUT2D eigenvalue weighted by Crippen LogP contribution is 2.29. The number of thioether (sulfide) groups is 1. The molecule has 1 heterocycles. The fourth-order valence-electron chi connectivity index (χ4n) is 1.40. The summed E-state index contributed by atoms with van der Waals surface area (Å²) in [6, 6.07) is 7.68. The van der Waals surface area contributed by atoms with Gasteiger partial charge in [0.1, 0.15) is 0 Å². The average molecular weight is 298 g/mol. The molecule has 2 aromatic rings. The lowest BCUT2D eigenvalue weighted by Crippen LogP contribution is -2.32. The number of nitrogens with two attached hydrogens (primary N) is 1. The molecular formula is C13H16ClN3OS. The van der Waals surface area contributed by atoms with Crippen LogP contribution in [0.2, 0.25) is 5.02 Å². The lowest BCUT2D eigenvalue weighted by atomic mass is 10.0. The van der Waals surface area contributed by atoms with Crippen molar-refractivity contribution in [3.8, 4) is 0 Å². The van der Waals surface area contributed by atoms with Crippen molar-refractivity contribution in [1.29, 1.82) is 0 Å². The molecule has 0 aliphatic heterocycles. The molecule has 102 valence electrons. The molecule has 0 saturated carbocycles. The number of rotatable bonds is 5. The lowest BCUT2D eigenvalue weighted by Gasteiger charge is -2.16. The normalized spacial score (nSPS) is 14.3. The second-order valence-electron chi connectivity index (χ2n) is 4.51. The Morgan fingerprint density at radius 1 is 1.42 bits per heavy atom. The fourth-order valence-corrected chi connectivity index (χ4v) is 2.48. The van der Waals surface area contributed by atoms with Gasteiger partial charge < -0.3 is 10.3 Å². The summed E-state index contributed by atoms with van der Waals surface area (Å²) in [7, 11) is 0. The topological polar surface area (TPSA) is 64.9 Å². The van der Waals surface area contributed by atoms with Crippen LogP contribution < -0.4 is 5.73 Å². The van der Waals surface area contributed by atoms with Crippen molar-refractivity contribution in [3.05, 3.63) is 41.0 Å². The maximum absolute atomic E-state index is 6.09. The van der Waals surface area contributed by atoms with Gasteiger partial charge in [-0.05, 0) is 25.5 Å². The number of benzene rings is 1. The van der Waals surface area contributed by atoms with E-state index in [1.807, 2.05) is 38.1 Å². The van der Waals surface area contributed by atoms with Gasteiger partial charge in [0.15, 0.2) is 5.82 Å². The van der Waals surface area contributed by atoms with E-state index in [-0.39, 0.29) is 0 Å². The van der Waals surface area contributed by atoms with Gasteiger partial charge in [-0.2, -0.15) is 4.98 Å². The molecule has 6 heteroatoms. The Morgan fingerprint density at radius 3 is 2.84 bits per heavy atom. The van der Waals surface area contributed by atoms with Crippen LogP contribution in [-0.2, 0) is 11.3 Å². The molecule has 1 unspecified atom stereocenters. The minimum Gasteiger partial charge on any atom is -0.337 e. The highest BCUT2D eigenvalue weighted by atomic mass is 35.5. The molecule has 0 aliphatic rings. The van der Waals surface area contributed by atoms with E-state index in [4.69, 9.17) is 21.9 Å². The Morgan fingerprint density at radius 2 is 2.16 bits per heavy atom. The second-order valence-corrected chi connectivity index (χ2v) is 5.93. The summed E-state index contributed by atoms with van der Waals surface area (Å²) in [5.74, 6) is 1.71. The summed E-state index contributed by atoms with van der Waals surface area (Å²) in [5, 5.41) is 4.68. The number of aromatic nitrogens is 2. The predicted molar refractivity (Wildman–Crippen MR) is 77.1 cm³/mol. The zero-order chi connectivity index (χ0) is 13.9. The van der Waals surface area contributed by atoms with Gasteiger partial charge in [0.2, 0.25) is 5.89 Å². The van der Waals surface area contributed by atoms with Gasteiger partial charge in [-0.15, -0.1) is 11.8 Å². The van der Waals surface area contributed by atoms with E-state index in [0.29, 0.717) is 17.5 Å². The van der Waals surface area contributed by atoms with Gasteiger partial charge in [0.05, 0.1) is 16.3 Å². The maximum Gasteiger partial charge on any atom is 0.246 e. The van der Waals surface area contributed by atoms with Crippen molar-refractivity contribution in [2.24, 2.45) is 5.73 Å². The maximum atomic E-state index is 6.09. The summed E-state index contributed by atoms with van der Waals surface area (Å²) in [6.07, 6.45) is 0.742. The van der Waals surface area contributed by atoms with Gasteiger partial charge in [-0.1, -0.05) is 35.8 Å². The van der Waals surface area contributed by atoms with Crippen molar-refractivity contribution >= 4 is 23.4 Å². The van der Waals surface area contributed by atoms with E-state index >= 15 is 0 Å². The molecule has 19 heavy (non-hydrogen) atoms. The minimum absolute atomic E-state index is 0.477. The second kappa shape index (κ2) is 5.94. The van der Waals surface area contributed by atoms with Crippen molar-refractivity contribution < 1.29 is 4.52 Å². The van der Waals surface area contributed by atoms with Gasteiger partial charge in [0.25, 0.3) is 0 Å². The van der Waals surface area contributed by atoms with E-state index in [0.717, 1.165) is 16.3 Å². The van der Waals surface area contributed by atoms with E-state index in [1.54, 1.807) is 11.8 Å². The van der Waals surface area contributed by atoms with Crippen LogP contribution in [-0.4, -0.2) is 10.1 Å². The number of nitrogens with zero attached hydrogens (tertiary/aromatic N) is 2. The van der Waals surface area contributed by atoms with E-state index in [9.17, 15) is 0 Å². The van der Waals surface area contributed by atoms with Gasteiger partial charge in [0, 0.05) is 4.90 Å². The zero-order valence-electron chi connectivity index (χ0n) is 10.9. The van der Waals surface area contributed by atoms with E-state index in [1.165, 1.54) is 0 Å². The highest BCUT2D eigenvalue weighted by molar-refractivity contribution is 7.98. The molecule has 0 aliphatic carbocycles. The number of hydrogen-bond donors (Lipinski definition) is 1. The van der Waals surface area contributed by atoms with Crippen LogP contribution in [0, 0.1) is 0 Å². The number of halogens is 1.